The normalized spacial score (nSPS) is 22.2. The van der Waals surface area contributed by atoms with E-state index < -0.39 is 0 Å². The smallest absolute Gasteiger partial charge is 0.0627 e. The van der Waals surface area contributed by atoms with Crippen molar-refractivity contribution in [3.63, 3.8) is 0 Å². The molecule has 0 saturated carbocycles. The minimum Gasteiger partial charge on any atom is -0.313 e. The predicted octanol–water partition coefficient (Wildman–Crippen LogP) is 2.49. The van der Waals surface area contributed by atoms with Gasteiger partial charge in [0.15, 0.2) is 0 Å². The lowest BCUT2D eigenvalue weighted by Gasteiger charge is -2.33. The van der Waals surface area contributed by atoms with E-state index in [4.69, 9.17) is 0 Å². The van der Waals surface area contributed by atoms with E-state index in [1.807, 2.05) is 17.9 Å². The first kappa shape index (κ1) is 12.4. The zero-order valence-corrected chi connectivity index (χ0v) is 11.6. The van der Waals surface area contributed by atoms with Crippen molar-refractivity contribution < 1.29 is 0 Å². The number of hydrogen-bond acceptors (Lipinski definition) is 2. The maximum Gasteiger partial charge on any atom is 0.0627 e. The lowest BCUT2D eigenvalue weighted by molar-refractivity contribution is 0.332. The third-order valence-electron chi connectivity index (χ3n) is 4.20. The van der Waals surface area contributed by atoms with E-state index in [0.29, 0.717) is 12.0 Å². The van der Waals surface area contributed by atoms with Crippen LogP contribution in [-0.4, -0.2) is 16.8 Å². The van der Waals surface area contributed by atoms with Crippen molar-refractivity contribution in [2.45, 2.75) is 25.3 Å². The number of hydrogen-bond donors (Lipinski definition) is 1. The summed E-state index contributed by atoms with van der Waals surface area (Å²) in [6.45, 7) is 0. The van der Waals surface area contributed by atoms with Gasteiger partial charge in [-0.25, -0.2) is 0 Å². The van der Waals surface area contributed by atoms with Gasteiger partial charge in [0, 0.05) is 19.3 Å². The molecule has 0 saturated heterocycles. The van der Waals surface area contributed by atoms with Crippen LogP contribution in [0.25, 0.3) is 0 Å². The molecule has 0 fully saturated rings. The summed E-state index contributed by atoms with van der Waals surface area (Å²) >= 11 is 0. The Kier molecular flexibility index (Phi) is 3.38. The van der Waals surface area contributed by atoms with Crippen LogP contribution in [-0.2, 0) is 19.9 Å². The van der Waals surface area contributed by atoms with Crippen LogP contribution in [0.2, 0.25) is 0 Å². The summed E-state index contributed by atoms with van der Waals surface area (Å²) in [4.78, 5) is 0. The molecule has 0 amide bonds. The molecule has 2 unspecified atom stereocenters. The summed E-state index contributed by atoms with van der Waals surface area (Å²) in [6.07, 6.45) is 5.51. The molecule has 0 aliphatic heterocycles. The largest absolute Gasteiger partial charge is 0.313 e. The molecule has 1 heterocycles. The molecule has 2 aromatic rings. The van der Waals surface area contributed by atoms with Crippen molar-refractivity contribution >= 4 is 0 Å². The Hall–Kier alpha value is -1.61. The summed E-state index contributed by atoms with van der Waals surface area (Å²) in [5.74, 6) is 0.634. The number of fused-ring (bicyclic) bond motifs is 1. The summed E-state index contributed by atoms with van der Waals surface area (Å²) in [5.41, 5.74) is 4.17. The van der Waals surface area contributed by atoms with E-state index >= 15 is 0 Å². The average Bonchev–Trinajstić information content (AvgIpc) is 2.84. The topological polar surface area (TPSA) is 29.9 Å². The third kappa shape index (κ3) is 2.43. The minimum atomic E-state index is 0.451. The minimum absolute atomic E-state index is 0.451. The molecule has 2 atom stereocenters. The van der Waals surface area contributed by atoms with Crippen molar-refractivity contribution in [3.05, 3.63) is 53.3 Å². The first-order chi connectivity index (χ1) is 9.28. The van der Waals surface area contributed by atoms with Crippen LogP contribution in [0.1, 0.15) is 29.3 Å². The Labute approximate surface area is 114 Å². The highest BCUT2D eigenvalue weighted by molar-refractivity contribution is 5.33. The van der Waals surface area contributed by atoms with Crippen LogP contribution < -0.4 is 5.32 Å². The maximum atomic E-state index is 4.52. The molecule has 0 spiro atoms. The van der Waals surface area contributed by atoms with Gasteiger partial charge in [-0.2, -0.15) is 5.10 Å². The number of aryl methyl sites for hydroxylation is 2. The molecule has 1 aliphatic rings. The SMILES string of the molecule is CNC1c2ccccc2CCC1Cc1ccn(C)n1. The van der Waals surface area contributed by atoms with Gasteiger partial charge in [0.1, 0.15) is 0 Å². The van der Waals surface area contributed by atoms with Gasteiger partial charge in [-0.3, -0.25) is 4.68 Å². The molecule has 3 heteroatoms. The van der Waals surface area contributed by atoms with Gasteiger partial charge < -0.3 is 5.32 Å². The van der Waals surface area contributed by atoms with Crippen molar-refractivity contribution in [2.24, 2.45) is 13.0 Å². The van der Waals surface area contributed by atoms with Crippen LogP contribution in [0.4, 0.5) is 0 Å². The maximum absolute atomic E-state index is 4.52. The molecule has 3 nitrogen and oxygen atoms in total. The fraction of sp³-hybridized carbons (Fsp3) is 0.438. The Morgan fingerprint density at radius 1 is 1.32 bits per heavy atom. The monoisotopic (exact) mass is 255 g/mol. The van der Waals surface area contributed by atoms with Gasteiger partial charge in [-0.1, -0.05) is 24.3 Å². The molecule has 1 aromatic carbocycles. The molecular formula is C16H21N3. The predicted molar refractivity (Wildman–Crippen MR) is 77.0 cm³/mol. The van der Waals surface area contributed by atoms with Crippen LogP contribution >= 0.6 is 0 Å². The Bertz CT molecular complexity index is 559. The summed E-state index contributed by atoms with van der Waals surface area (Å²) in [7, 11) is 4.05. The second kappa shape index (κ2) is 5.17. The highest BCUT2D eigenvalue weighted by Gasteiger charge is 2.28. The van der Waals surface area contributed by atoms with E-state index in [1.54, 1.807) is 0 Å². The number of rotatable bonds is 3. The highest BCUT2D eigenvalue weighted by atomic mass is 15.2. The second-order valence-corrected chi connectivity index (χ2v) is 5.45. The molecule has 19 heavy (non-hydrogen) atoms. The summed E-state index contributed by atoms with van der Waals surface area (Å²) in [5, 5.41) is 8.02. The first-order valence-corrected chi connectivity index (χ1v) is 7.01. The van der Waals surface area contributed by atoms with Gasteiger partial charge in [0.25, 0.3) is 0 Å². The summed E-state index contributed by atoms with van der Waals surface area (Å²) < 4.78 is 1.89. The van der Waals surface area contributed by atoms with Gasteiger partial charge in [-0.15, -0.1) is 0 Å². The number of nitrogens with zero attached hydrogens (tertiary/aromatic N) is 2. The summed E-state index contributed by atoms with van der Waals surface area (Å²) in [6, 6.07) is 11.4. The fourth-order valence-electron chi connectivity index (χ4n) is 3.28. The van der Waals surface area contributed by atoms with E-state index in [9.17, 15) is 0 Å². The Balaban J connectivity index is 1.84. The van der Waals surface area contributed by atoms with Crippen LogP contribution in [0.15, 0.2) is 36.5 Å². The fourth-order valence-corrected chi connectivity index (χ4v) is 3.28. The molecular weight excluding hydrogens is 234 g/mol. The lowest BCUT2D eigenvalue weighted by Crippen LogP contribution is -2.31. The number of aromatic nitrogens is 2. The van der Waals surface area contributed by atoms with Crippen LogP contribution in [0.3, 0.4) is 0 Å². The van der Waals surface area contributed by atoms with E-state index in [0.717, 1.165) is 6.42 Å². The quantitative estimate of drug-likeness (QED) is 0.913. The molecule has 1 aromatic heterocycles. The highest BCUT2D eigenvalue weighted by Crippen LogP contribution is 2.35. The number of nitrogens with one attached hydrogen (secondary N) is 1. The third-order valence-corrected chi connectivity index (χ3v) is 4.20. The molecule has 1 aliphatic carbocycles. The molecule has 0 radical (unpaired) electrons. The molecule has 1 N–H and O–H groups in total. The average molecular weight is 255 g/mol. The molecule has 100 valence electrons. The zero-order chi connectivity index (χ0) is 13.2. The van der Waals surface area contributed by atoms with E-state index in [1.165, 1.54) is 29.7 Å². The van der Waals surface area contributed by atoms with E-state index in [2.05, 4.69) is 47.8 Å². The van der Waals surface area contributed by atoms with Gasteiger partial charge in [0.05, 0.1) is 5.69 Å². The lowest BCUT2D eigenvalue weighted by atomic mass is 9.77. The standard InChI is InChI=1S/C16H21N3/c1-17-16-13(11-14-9-10-19(2)18-14)8-7-12-5-3-4-6-15(12)16/h3-6,9-10,13,16-17H,7-8,11H2,1-2H3. The number of benzene rings is 1. The zero-order valence-electron chi connectivity index (χ0n) is 11.6. The van der Waals surface area contributed by atoms with Gasteiger partial charge in [0.2, 0.25) is 0 Å². The molecule has 3 rings (SSSR count). The molecule has 0 bridgehead atoms. The van der Waals surface area contributed by atoms with Crippen molar-refractivity contribution in [1.29, 1.82) is 0 Å². The first-order valence-electron chi connectivity index (χ1n) is 7.01. The van der Waals surface area contributed by atoms with Crippen molar-refractivity contribution in [3.8, 4) is 0 Å². The van der Waals surface area contributed by atoms with Gasteiger partial charge >= 0.3 is 0 Å². The van der Waals surface area contributed by atoms with Crippen molar-refractivity contribution in [1.82, 2.24) is 15.1 Å². The van der Waals surface area contributed by atoms with Gasteiger partial charge in [-0.05, 0) is 49.4 Å². The van der Waals surface area contributed by atoms with Crippen LogP contribution in [0.5, 0.6) is 0 Å². The second-order valence-electron chi connectivity index (χ2n) is 5.45. The Morgan fingerprint density at radius 3 is 2.89 bits per heavy atom. The Morgan fingerprint density at radius 2 is 2.16 bits per heavy atom. The van der Waals surface area contributed by atoms with Crippen LogP contribution in [0, 0.1) is 5.92 Å². The van der Waals surface area contributed by atoms with E-state index in [-0.39, 0.29) is 0 Å². The van der Waals surface area contributed by atoms with Crippen molar-refractivity contribution in [2.75, 3.05) is 7.05 Å².